The molecule has 0 bridgehead atoms. The molecule has 0 radical (unpaired) electrons. The van der Waals surface area contributed by atoms with Gasteiger partial charge in [0.15, 0.2) is 11.7 Å². The summed E-state index contributed by atoms with van der Waals surface area (Å²) in [7, 11) is 0. The lowest BCUT2D eigenvalue weighted by molar-refractivity contribution is -0.137. The normalized spacial score (nSPS) is 17.1. The molecule has 1 aromatic heterocycles. The Balaban J connectivity index is 1.52. The van der Waals surface area contributed by atoms with Crippen molar-refractivity contribution in [3.63, 3.8) is 0 Å². The molecule has 3 rings (SSSR count). The number of hydrogen-bond donors (Lipinski definition) is 1. The van der Waals surface area contributed by atoms with E-state index in [2.05, 4.69) is 4.98 Å². The Morgan fingerprint density at radius 2 is 2.11 bits per heavy atom. The molecule has 0 unspecified atom stereocenters. The molecule has 1 aliphatic rings. The van der Waals surface area contributed by atoms with Crippen LogP contribution in [-0.4, -0.2) is 40.0 Å². The van der Waals surface area contributed by atoms with Gasteiger partial charge in [0, 0.05) is 32.4 Å². The fourth-order valence-electron chi connectivity index (χ4n) is 3.44. The number of aromatic nitrogens is 1. The zero-order valence-corrected chi connectivity index (χ0v) is 15.1. The lowest BCUT2D eigenvalue weighted by atomic mass is 9.93. The second-order valence-electron chi connectivity index (χ2n) is 6.88. The summed E-state index contributed by atoms with van der Waals surface area (Å²) in [6, 6.07) is 6.31. The number of carboxylic acid groups (broad SMARTS) is 1. The monoisotopic (exact) mass is 374 g/mol. The largest absolute Gasteiger partial charge is 0.481 e. The molecule has 2 heterocycles. The maximum absolute atomic E-state index is 13.8. The molecule has 1 amide bonds. The first-order valence-electron chi connectivity index (χ1n) is 9.22. The summed E-state index contributed by atoms with van der Waals surface area (Å²) in [4.78, 5) is 29.1. The highest BCUT2D eigenvalue weighted by Crippen LogP contribution is 2.24. The van der Waals surface area contributed by atoms with E-state index in [4.69, 9.17) is 9.52 Å². The highest BCUT2D eigenvalue weighted by molar-refractivity contribution is 5.76. The van der Waals surface area contributed by atoms with Gasteiger partial charge in [0.1, 0.15) is 5.82 Å². The summed E-state index contributed by atoms with van der Waals surface area (Å²) in [5, 5.41) is 8.81. The third-order valence-electron chi connectivity index (χ3n) is 4.88. The lowest BCUT2D eigenvalue weighted by Gasteiger charge is -2.32. The average molecular weight is 374 g/mol. The number of aryl methyl sites for hydroxylation is 1. The molecule has 7 heteroatoms. The predicted octanol–water partition coefficient (Wildman–Crippen LogP) is 3.52. The summed E-state index contributed by atoms with van der Waals surface area (Å²) in [6.45, 7) is 1.31. The Morgan fingerprint density at radius 1 is 1.30 bits per heavy atom. The van der Waals surface area contributed by atoms with Gasteiger partial charge in [-0.3, -0.25) is 9.59 Å². The minimum atomic E-state index is -0.798. The smallest absolute Gasteiger partial charge is 0.303 e. The number of rotatable bonds is 7. The molecule has 0 spiro atoms. The van der Waals surface area contributed by atoms with Crippen LogP contribution in [0.5, 0.6) is 0 Å². The highest BCUT2D eigenvalue weighted by Gasteiger charge is 2.24. The Bertz CT molecular complexity index is 805. The molecule has 27 heavy (non-hydrogen) atoms. The van der Waals surface area contributed by atoms with Crippen LogP contribution in [0.15, 0.2) is 34.9 Å². The fourth-order valence-corrected chi connectivity index (χ4v) is 3.44. The third kappa shape index (κ3) is 5.15. The Morgan fingerprint density at radius 3 is 2.89 bits per heavy atom. The maximum Gasteiger partial charge on any atom is 0.303 e. The second kappa shape index (κ2) is 8.79. The second-order valence-corrected chi connectivity index (χ2v) is 6.88. The standard InChI is InChI=1S/C20H23FN2O4/c21-16-6-2-1-5-15(16)17-12-22-18(27-17)8-9-19(24)23-11-3-4-14(13-23)7-10-20(25)26/h1-2,5-6,12,14H,3-4,7-11,13H2,(H,25,26)/t14-/m0/s1. The van der Waals surface area contributed by atoms with E-state index in [9.17, 15) is 14.0 Å². The molecule has 0 saturated carbocycles. The molecule has 0 aliphatic carbocycles. The number of hydrogen-bond acceptors (Lipinski definition) is 4. The Labute approximate surface area is 157 Å². The van der Waals surface area contributed by atoms with E-state index < -0.39 is 5.97 Å². The Kier molecular flexibility index (Phi) is 6.21. The fraction of sp³-hybridized carbons (Fsp3) is 0.450. The van der Waals surface area contributed by atoms with Crippen molar-refractivity contribution in [2.45, 2.75) is 38.5 Å². The van der Waals surface area contributed by atoms with Gasteiger partial charge >= 0.3 is 5.97 Å². The van der Waals surface area contributed by atoms with Gasteiger partial charge in [0.25, 0.3) is 0 Å². The van der Waals surface area contributed by atoms with Gasteiger partial charge in [-0.2, -0.15) is 0 Å². The summed E-state index contributed by atoms with van der Waals surface area (Å²) in [5.74, 6) is -0.165. The van der Waals surface area contributed by atoms with Crippen molar-refractivity contribution in [1.82, 2.24) is 9.88 Å². The van der Waals surface area contributed by atoms with Crippen LogP contribution in [0.4, 0.5) is 4.39 Å². The third-order valence-corrected chi connectivity index (χ3v) is 4.88. The number of piperidine rings is 1. The van der Waals surface area contributed by atoms with Crippen molar-refractivity contribution >= 4 is 11.9 Å². The molecule has 144 valence electrons. The number of likely N-dealkylation sites (tertiary alicyclic amines) is 1. The number of carbonyl (C=O) groups is 2. The van der Waals surface area contributed by atoms with Crippen molar-refractivity contribution < 1.29 is 23.5 Å². The van der Waals surface area contributed by atoms with Crippen molar-refractivity contribution in [2.24, 2.45) is 5.92 Å². The quantitative estimate of drug-likeness (QED) is 0.802. The van der Waals surface area contributed by atoms with Crippen LogP contribution < -0.4 is 0 Å². The van der Waals surface area contributed by atoms with E-state index >= 15 is 0 Å². The highest BCUT2D eigenvalue weighted by atomic mass is 19.1. The number of halogens is 1. The molecule has 1 atom stereocenters. The van der Waals surface area contributed by atoms with Gasteiger partial charge in [0.2, 0.25) is 5.91 Å². The topological polar surface area (TPSA) is 83.6 Å². The van der Waals surface area contributed by atoms with Crippen LogP contribution in [0.25, 0.3) is 11.3 Å². The van der Waals surface area contributed by atoms with E-state index in [-0.39, 0.29) is 30.5 Å². The average Bonchev–Trinajstić information content (AvgIpc) is 3.14. The zero-order valence-electron chi connectivity index (χ0n) is 15.1. The van der Waals surface area contributed by atoms with E-state index in [0.717, 1.165) is 12.8 Å². The van der Waals surface area contributed by atoms with Gasteiger partial charge in [0.05, 0.1) is 11.8 Å². The first-order chi connectivity index (χ1) is 13.0. The minimum Gasteiger partial charge on any atom is -0.481 e. The van der Waals surface area contributed by atoms with Crippen molar-refractivity contribution in [3.8, 4) is 11.3 Å². The van der Waals surface area contributed by atoms with Gasteiger partial charge in [-0.25, -0.2) is 9.37 Å². The van der Waals surface area contributed by atoms with Crippen molar-refractivity contribution in [1.29, 1.82) is 0 Å². The summed E-state index contributed by atoms with van der Waals surface area (Å²) in [5.41, 5.74) is 0.347. The van der Waals surface area contributed by atoms with E-state index in [1.165, 1.54) is 12.3 Å². The first kappa shape index (κ1) is 19.1. The van der Waals surface area contributed by atoms with Crippen molar-refractivity contribution in [3.05, 3.63) is 42.2 Å². The van der Waals surface area contributed by atoms with E-state index in [0.29, 0.717) is 43.1 Å². The molecule has 1 aliphatic heterocycles. The number of carbonyl (C=O) groups excluding carboxylic acids is 1. The number of benzene rings is 1. The molecule has 2 aromatic rings. The molecule has 1 aromatic carbocycles. The number of carboxylic acids is 1. The molecule has 1 saturated heterocycles. The SMILES string of the molecule is O=C(O)CC[C@@H]1CCCN(C(=O)CCc2ncc(-c3ccccc3F)o2)C1. The van der Waals surface area contributed by atoms with Gasteiger partial charge in [-0.05, 0) is 37.3 Å². The summed E-state index contributed by atoms with van der Waals surface area (Å²) >= 11 is 0. The first-order valence-corrected chi connectivity index (χ1v) is 9.22. The van der Waals surface area contributed by atoms with Crippen LogP contribution in [0, 0.1) is 11.7 Å². The lowest BCUT2D eigenvalue weighted by Crippen LogP contribution is -2.40. The maximum atomic E-state index is 13.8. The van der Waals surface area contributed by atoms with Crippen LogP contribution in [-0.2, 0) is 16.0 Å². The Hall–Kier alpha value is -2.70. The van der Waals surface area contributed by atoms with E-state index in [1.54, 1.807) is 23.1 Å². The van der Waals surface area contributed by atoms with Crippen LogP contribution in [0.1, 0.15) is 38.0 Å². The molecular formula is C20H23FN2O4. The molecule has 6 nitrogen and oxygen atoms in total. The van der Waals surface area contributed by atoms with Crippen LogP contribution in [0.3, 0.4) is 0 Å². The zero-order chi connectivity index (χ0) is 19.2. The number of nitrogens with zero attached hydrogens (tertiary/aromatic N) is 2. The van der Waals surface area contributed by atoms with Gasteiger partial charge < -0.3 is 14.4 Å². The van der Waals surface area contributed by atoms with Crippen LogP contribution >= 0.6 is 0 Å². The number of amides is 1. The van der Waals surface area contributed by atoms with E-state index in [1.807, 2.05) is 0 Å². The number of oxazole rings is 1. The number of aliphatic carboxylic acids is 1. The van der Waals surface area contributed by atoms with Gasteiger partial charge in [-0.15, -0.1) is 0 Å². The summed E-state index contributed by atoms with van der Waals surface area (Å²) < 4.78 is 19.4. The molecule has 1 fully saturated rings. The minimum absolute atomic E-state index is 0.0145. The van der Waals surface area contributed by atoms with Crippen molar-refractivity contribution in [2.75, 3.05) is 13.1 Å². The van der Waals surface area contributed by atoms with Gasteiger partial charge in [-0.1, -0.05) is 12.1 Å². The predicted molar refractivity (Wildman–Crippen MR) is 96.4 cm³/mol. The molecular weight excluding hydrogens is 351 g/mol. The summed E-state index contributed by atoms with van der Waals surface area (Å²) in [6.07, 6.45) is 4.69. The van der Waals surface area contributed by atoms with Crippen LogP contribution in [0.2, 0.25) is 0 Å². The molecule has 1 N–H and O–H groups in total.